The molecule has 0 aliphatic heterocycles. The Kier molecular flexibility index (Phi) is 4.66. The highest BCUT2D eigenvalue weighted by Crippen LogP contribution is 2.39. The van der Waals surface area contributed by atoms with E-state index in [0.29, 0.717) is 11.8 Å². The third kappa shape index (κ3) is 2.97. The summed E-state index contributed by atoms with van der Waals surface area (Å²) in [5, 5.41) is 3.31. The fourth-order valence-corrected chi connectivity index (χ4v) is 4.63. The Labute approximate surface area is 182 Å². The highest BCUT2D eigenvalue weighted by atomic mass is 16.5. The Bertz CT molecular complexity index is 1400. The lowest BCUT2D eigenvalue weighted by molar-refractivity contribution is 0.415. The maximum atomic E-state index is 5.52. The fraction of sp³-hybridized carbons (Fsp3) is 0.259. The summed E-state index contributed by atoms with van der Waals surface area (Å²) >= 11 is 0. The molecule has 5 aromatic rings. The second-order valence-electron chi connectivity index (χ2n) is 8.71. The third-order valence-electron chi connectivity index (χ3n) is 6.15. The van der Waals surface area contributed by atoms with Crippen molar-refractivity contribution in [1.29, 1.82) is 0 Å². The normalized spacial score (nSPS) is 12.0. The summed E-state index contributed by atoms with van der Waals surface area (Å²) in [7, 11) is 1.70. The largest absolute Gasteiger partial charge is 0.497 e. The lowest BCUT2D eigenvalue weighted by Gasteiger charge is -2.20. The molecule has 0 radical (unpaired) electrons. The van der Waals surface area contributed by atoms with E-state index in [1.807, 2.05) is 24.5 Å². The van der Waals surface area contributed by atoms with Crippen molar-refractivity contribution >= 4 is 27.5 Å². The van der Waals surface area contributed by atoms with E-state index in [0.717, 1.165) is 38.9 Å². The number of benzene rings is 2. The van der Waals surface area contributed by atoms with Gasteiger partial charge in [-0.15, -0.1) is 0 Å². The van der Waals surface area contributed by atoms with Crippen LogP contribution in [0, 0.1) is 0 Å². The first kappa shape index (κ1) is 19.6. The van der Waals surface area contributed by atoms with Crippen molar-refractivity contribution in [3.63, 3.8) is 0 Å². The van der Waals surface area contributed by atoms with Crippen LogP contribution in [0.3, 0.4) is 0 Å². The minimum atomic E-state index is 0.402. The summed E-state index contributed by atoms with van der Waals surface area (Å²) in [4.78, 5) is 9.72. The van der Waals surface area contributed by atoms with Crippen LogP contribution in [-0.4, -0.2) is 21.5 Å². The van der Waals surface area contributed by atoms with Gasteiger partial charge < -0.3 is 4.74 Å². The predicted molar refractivity (Wildman–Crippen MR) is 128 cm³/mol. The van der Waals surface area contributed by atoms with Gasteiger partial charge in [-0.25, -0.2) is 9.97 Å². The number of rotatable bonds is 4. The highest BCUT2D eigenvalue weighted by molar-refractivity contribution is 6.11. The Morgan fingerprint density at radius 3 is 2.16 bits per heavy atom. The summed E-state index contributed by atoms with van der Waals surface area (Å²) in [5.74, 6) is 1.63. The number of fused-ring (bicyclic) bond motifs is 6. The van der Waals surface area contributed by atoms with Crippen molar-refractivity contribution in [3.8, 4) is 17.0 Å². The van der Waals surface area contributed by atoms with E-state index in [1.54, 1.807) is 7.11 Å². The van der Waals surface area contributed by atoms with Gasteiger partial charge in [0.15, 0.2) is 0 Å². The van der Waals surface area contributed by atoms with E-state index in [1.165, 1.54) is 16.7 Å². The van der Waals surface area contributed by atoms with Crippen molar-refractivity contribution in [1.82, 2.24) is 14.4 Å². The molecule has 0 spiro atoms. The van der Waals surface area contributed by atoms with Gasteiger partial charge >= 0.3 is 0 Å². The first-order valence-electron chi connectivity index (χ1n) is 10.9. The zero-order chi connectivity index (χ0) is 21.7. The topological polar surface area (TPSA) is 39.4 Å². The molecule has 156 valence electrons. The molecule has 0 saturated heterocycles. The average molecular weight is 410 g/mol. The Morgan fingerprint density at radius 1 is 0.774 bits per heavy atom. The minimum absolute atomic E-state index is 0.402. The molecule has 0 fully saturated rings. The van der Waals surface area contributed by atoms with E-state index in [2.05, 4.69) is 68.5 Å². The standard InChI is InChI=1S/C27H27N3O/c1-16(2)19-8-6-9-20(17(3)4)25(19)24-15-29-27-23-14-18(31-5)11-12-21(23)22-10-7-13-28-26(22)30(24)27/h6-17H,1-5H3. The Morgan fingerprint density at radius 2 is 1.48 bits per heavy atom. The van der Waals surface area contributed by atoms with Gasteiger partial charge in [0.1, 0.15) is 17.0 Å². The number of methoxy groups -OCH3 is 1. The van der Waals surface area contributed by atoms with E-state index in [4.69, 9.17) is 14.7 Å². The highest BCUT2D eigenvalue weighted by Gasteiger charge is 2.21. The van der Waals surface area contributed by atoms with Crippen LogP contribution >= 0.6 is 0 Å². The molecule has 2 aromatic carbocycles. The van der Waals surface area contributed by atoms with Gasteiger partial charge in [-0.05, 0) is 58.7 Å². The SMILES string of the molecule is COc1ccc2c3cccnc3n3c(-c4c(C(C)C)cccc4C(C)C)cnc3c2c1. The number of nitrogens with zero attached hydrogens (tertiary/aromatic N) is 3. The molecule has 5 rings (SSSR count). The van der Waals surface area contributed by atoms with Gasteiger partial charge in [0, 0.05) is 22.5 Å². The smallest absolute Gasteiger partial charge is 0.146 e. The molecule has 0 aliphatic carbocycles. The number of pyridine rings is 2. The van der Waals surface area contributed by atoms with Crippen LogP contribution < -0.4 is 4.74 Å². The van der Waals surface area contributed by atoms with Crippen molar-refractivity contribution < 1.29 is 4.74 Å². The van der Waals surface area contributed by atoms with Crippen molar-refractivity contribution in [3.05, 3.63) is 72.1 Å². The molecule has 4 heteroatoms. The molecule has 0 N–H and O–H groups in total. The van der Waals surface area contributed by atoms with Crippen LogP contribution in [0.5, 0.6) is 5.75 Å². The molecule has 0 amide bonds. The van der Waals surface area contributed by atoms with Gasteiger partial charge in [0.25, 0.3) is 0 Å². The number of imidazole rings is 1. The van der Waals surface area contributed by atoms with E-state index in [-0.39, 0.29) is 0 Å². The van der Waals surface area contributed by atoms with Crippen LogP contribution in [0.4, 0.5) is 0 Å². The van der Waals surface area contributed by atoms with Gasteiger partial charge in [-0.1, -0.05) is 45.9 Å². The molecule has 0 unspecified atom stereocenters. The monoisotopic (exact) mass is 409 g/mol. The van der Waals surface area contributed by atoms with Crippen molar-refractivity contribution in [2.24, 2.45) is 0 Å². The Hall–Kier alpha value is -3.40. The minimum Gasteiger partial charge on any atom is -0.497 e. The summed E-state index contributed by atoms with van der Waals surface area (Å²) in [6, 6.07) is 17.0. The molecule has 0 atom stereocenters. The zero-order valence-corrected chi connectivity index (χ0v) is 18.7. The van der Waals surface area contributed by atoms with Crippen molar-refractivity contribution in [2.75, 3.05) is 7.11 Å². The molecule has 3 heterocycles. The van der Waals surface area contributed by atoms with Crippen LogP contribution in [0.15, 0.2) is 60.9 Å². The molecule has 0 aliphatic rings. The predicted octanol–water partition coefficient (Wildman–Crippen LogP) is 6.96. The maximum Gasteiger partial charge on any atom is 0.146 e. The number of aromatic nitrogens is 3. The lowest BCUT2D eigenvalue weighted by atomic mass is 9.87. The molecular weight excluding hydrogens is 382 g/mol. The van der Waals surface area contributed by atoms with Gasteiger partial charge in [-0.2, -0.15) is 0 Å². The first-order valence-corrected chi connectivity index (χ1v) is 10.9. The molecular formula is C27H27N3O. The van der Waals surface area contributed by atoms with Crippen LogP contribution in [0.25, 0.3) is 38.7 Å². The first-order chi connectivity index (χ1) is 15.0. The zero-order valence-electron chi connectivity index (χ0n) is 18.7. The fourth-order valence-electron chi connectivity index (χ4n) is 4.63. The van der Waals surface area contributed by atoms with Crippen LogP contribution in [-0.2, 0) is 0 Å². The number of hydrogen-bond donors (Lipinski definition) is 0. The van der Waals surface area contributed by atoms with E-state index in [9.17, 15) is 0 Å². The third-order valence-corrected chi connectivity index (χ3v) is 6.15. The van der Waals surface area contributed by atoms with Crippen LogP contribution in [0.2, 0.25) is 0 Å². The molecule has 31 heavy (non-hydrogen) atoms. The summed E-state index contributed by atoms with van der Waals surface area (Å²) in [6.45, 7) is 9.01. The number of hydrogen-bond acceptors (Lipinski definition) is 3. The lowest BCUT2D eigenvalue weighted by Crippen LogP contribution is -2.03. The summed E-state index contributed by atoms with van der Waals surface area (Å²) in [5.41, 5.74) is 6.87. The average Bonchev–Trinajstić information content (AvgIpc) is 3.23. The van der Waals surface area contributed by atoms with E-state index >= 15 is 0 Å². The van der Waals surface area contributed by atoms with Crippen molar-refractivity contribution in [2.45, 2.75) is 39.5 Å². The molecule has 0 saturated carbocycles. The molecule has 4 nitrogen and oxygen atoms in total. The molecule has 0 bridgehead atoms. The summed E-state index contributed by atoms with van der Waals surface area (Å²) in [6.07, 6.45) is 3.87. The number of ether oxygens (including phenoxy) is 1. The van der Waals surface area contributed by atoms with E-state index < -0.39 is 0 Å². The Balaban J connectivity index is 1.99. The van der Waals surface area contributed by atoms with Gasteiger partial charge in [0.2, 0.25) is 0 Å². The molecule has 3 aromatic heterocycles. The van der Waals surface area contributed by atoms with Crippen LogP contribution in [0.1, 0.15) is 50.7 Å². The van der Waals surface area contributed by atoms with Gasteiger partial charge in [-0.3, -0.25) is 4.40 Å². The van der Waals surface area contributed by atoms with Gasteiger partial charge in [0.05, 0.1) is 19.0 Å². The second kappa shape index (κ2) is 7.38. The maximum absolute atomic E-state index is 5.52. The summed E-state index contributed by atoms with van der Waals surface area (Å²) < 4.78 is 7.75. The quantitative estimate of drug-likeness (QED) is 0.301. The second-order valence-corrected chi connectivity index (χ2v) is 8.71.